The second-order valence-electron chi connectivity index (χ2n) is 3.51. The monoisotopic (exact) mass is 211 g/mol. The Morgan fingerprint density at radius 2 is 2.07 bits per heavy atom. The first-order valence-corrected chi connectivity index (χ1v) is 6.02. The molecule has 0 unspecified atom stereocenters. The number of carbonyl (C=O) groups excluding carboxylic acids is 1. The number of primary amides is 1. The summed E-state index contributed by atoms with van der Waals surface area (Å²) in [5.74, 6) is -0.178. The topological polar surface area (TPSA) is 43.1 Å². The minimum Gasteiger partial charge on any atom is -0.370 e. The Balaban J connectivity index is 1.92. The number of hydrogen-bond donors (Lipinski definition) is 1. The van der Waals surface area contributed by atoms with E-state index in [0.717, 1.165) is 12.8 Å². The van der Waals surface area contributed by atoms with Crippen LogP contribution in [0, 0.1) is 0 Å². The van der Waals surface area contributed by atoms with Gasteiger partial charge in [0, 0.05) is 6.42 Å². The quantitative estimate of drug-likeness (QED) is 0.692. The van der Waals surface area contributed by atoms with Gasteiger partial charge in [0.25, 0.3) is 0 Å². The van der Waals surface area contributed by atoms with Gasteiger partial charge in [0.2, 0.25) is 5.91 Å². The van der Waals surface area contributed by atoms with Crippen molar-refractivity contribution < 1.29 is 4.79 Å². The molecule has 0 saturated carbocycles. The smallest absolute Gasteiger partial charge is 0.217 e. The van der Waals surface area contributed by atoms with Crippen molar-refractivity contribution in [2.75, 3.05) is 0 Å². The zero-order valence-electron chi connectivity index (χ0n) is 8.37. The van der Waals surface area contributed by atoms with E-state index in [0.29, 0.717) is 6.42 Å². The zero-order valence-corrected chi connectivity index (χ0v) is 9.19. The van der Waals surface area contributed by atoms with Crippen LogP contribution in [0.5, 0.6) is 0 Å². The van der Waals surface area contributed by atoms with Gasteiger partial charge in [-0.15, -0.1) is 0 Å². The Labute approximate surface area is 89.1 Å². The first-order valence-electron chi connectivity index (χ1n) is 5.08. The lowest BCUT2D eigenvalue weighted by atomic mass is 10.1. The zero-order chi connectivity index (χ0) is 10.2. The third-order valence-corrected chi connectivity index (χ3v) is 2.95. The molecule has 1 amide bonds. The lowest BCUT2D eigenvalue weighted by Crippen LogP contribution is -2.09. The largest absolute Gasteiger partial charge is 0.370 e. The summed E-state index contributed by atoms with van der Waals surface area (Å²) in [5.41, 5.74) is 6.48. The minimum atomic E-state index is -0.178. The standard InChI is InChI=1S/C11H17NOS/c12-11(13)6-4-2-1-3-5-10-7-8-14-9-10/h7-9H,1-6H2,(H2,12,13). The molecule has 0 atom stereocenters. The molecule has 0 fully saturated rings. The van der Waals surface area contributed by atoms with Crippen LogP contribution in [0.3, 0.4) is 0 Å². The van der Waals surface area contributed by atoms with E-state index in [-0.39, 0.29) is 5.91 Å². The van der Waals surface area contributed by atoms with Crippen LogP contribution in [-0.2, 0) is 11.2 Å². The summed E-state index contributed by atoms with van der Waals surface area (Å²) in [6.45, 7) is 0. The SMILES string of the molecule is NC(=O)CCCCCCc1ccsc1. The molecule has 0 aliphatic rings. The summed E-state index contributed by atoms with van der Waals surface area (Å²) in [6.07, 6.45) is 6.18. The van der Waals surface area contributed by atoms with Crippen LogP contribution >= 0.6 is 11.3 Å². The molecule has 0 aliphatic carbocycles. The summed E-state index contributed by atoms with van der Waals surface area (Å²) < 4.78 is 0. The number of carbonyl (C=O) groups is 1. The van der Waals surface area contributed by atoms with Gasteiger partial charge in [0.15, 0.2) is 0 Å². The maximum Gasteiger partial charge on any atom is 0.217 e. The number of rotatable bonds is 7. The molecule has 2 nitrogen and oxygen atoms in total. The molecule has 0 spiro atoms. The van der Waals surface area contributed by atoms with E-state index in [1.807, 2.05) is 0 Å². The molecular weight excluding hydrogens is 194 g/mol. The van der Waals surface area contributed by atoms with E-state index in [1.165, 1.54) is 24.8 Å². The molecule has 78 valence electrons. The third-order valence-electron chi connectivity index (χ3n) is 2.22. The second-order valence-corrected chi connectivity index (χ2v) is 4.29. The summed E-state index contributed by atoms with van der Waals surface area (Å²) in [4.78, 5) is 10.4. The molecule has 0 radical (unpaired) electrons. The van der Waals surface area contributed by atoms with Crippen LogP contribution in [0.25, 0.3) is 0 Å². The number of hydrogen-bond acceptors (Lipinski definition) is 2. The second kappa shape index (κ2) is 6.60. The summed E-state index contributed by atoms with van der Waals surface area (Å²) in [5, 5.41) is 4.31. The Kier molecular flexibility index (Phi) is 5.30. The van der Waals surface area contributed by atoms with Gasteiger partial charge in [-0.3, -0.25) is 4.79 Å². The maximum atomic E-state index is 10.4. The van der Waals surface area contributed by atoms with Crippen molar-refractivity contribution in [3.8, 4) is 0 Å². The maximum absolute atomic E-state index is 10.4. The van der Waals surface area contributed by atoms with Crippen molar-refractivity contribution >= 4 is 17.2 Å². The van der Waals surface area contributed by atoms with Crippen LogP contribution in [0.15, 0.2) is 16.8 Å². The van der Waals surface area contributed by atoms with Crippen LogP contribution in [0.1, 0.15) is 37.7 Å². The normalized spacial score (nSPS) is 10.3. The molecule has 0 bridgehead atoms. The van der Waals surface area contributed by atoms with Crippen molar-refractivity contribution in [3.05, 3.63) is 22.4 Å². The Morgan fingerprint density at radius 3 is 2.71 bits per heavy atom. The molecule has 0 saturated heterocycles. The van der Waals surface area contributed by atoms with Crippen LogP contribution in [-0.4, -0.2) is 5.91 Å². The predicted octanol–water partition coefficient (Wildman–Crippen LogP) is 2.73. The van der Waals surface area contributed by atoms with E-state index >= 15 is 0 Å². The Morgan fingerprint density at radius 1 is 1.29 bits per heavy atom. The third kappa shape index (κ3) is 5.02. The van der Waals surface area contributed by atoms with Gasteiger partial charge >= 0.3 is 0 Å². The average molecular weight is 211 g/mol. The van der Waals surface area contributed by atoms with Gasteiger partial charge in [-0.1, -0.05) is 12.8 Å². The molecule has 14 heavy (non-hydrogen) atoms. The van der Waals surface area contributed by atoms with Gasteiger partial charge in [-0.05, 0) is 41.7 Å². The fourth-order valence-electron chi connectivity index (χ4n) is 1.42. The van der Waals surface area contributed by atoms with E-state index in [9.17, 15) is 4.79 Å². The number of nitrogens with two attached hydrogens (primary N) is 1. The van der Waals surface area contributed by atoms with Crippen LogP contribution in [0.4, 0.5) is 0 Å². The van der Waals surface area contributed by atoms with Crippen molar-refractivity contribution in [2.45, 2.75) is 38.5 Å². The van der Waals surface area contributed by atoms with Gasteiger partial charge in [-0.25, -0.2) is 0 Å². The van der Waals surface area contributed by atoms with E-state index in [4.69, 9.17) is 5.73 Å². The first-order chi connectivity index (χ1) is 6.79. The molecule has 1 heterocycles. The van der Waals surface area contributed by atoms with Crippen molar-refractivity contribution in [3.63, 3.8) is 0 Å². The van der Waals surface area contributed by atoms with Gasteiger partial charge in [0.1, 0.15) is 0 Å². The Bertz CT molecular complexity index is 256. The molecule has 0 aromatic carbocycles. The van der Waals surface area contributed by atoms with E-state index in [1.54, 1.807) is 11.3 Å². The molecular formula is C11H17NOS. The fourth-order valence-corrected chi connectivity index (χ4v) is 2.12. The van der Waals surface area contributed by atoms with Gasteiger partial charge < -0.3 is 5.73 Å². The highest BCUT2D eigenvalue weighted by Gasteiger charge is 1.96. The van der Waals surface area contributed by atoms with E-state index < -0.39 is 0 Å². The fraction of sp³-hybridized carbons (Fsp3) is 0.545. The lowest BCUT2D eigenvalue weighted by molar-refractivity contribution is -0.118. The van der Waals surface area contributed by atoms with Crippen molar-refractivity contribution in [2.24, 2.45) is 5.73 Å². The molecule has 1 rings (SSSR count). The highest BCUT2D eigenvalue weighted by atomic mass is 32.1. The molecule has 2 N–H and O–H groups in total. The Hall–Kier alpha value is -0.830. The summed E-state index contributed by atoms with van der Waals surface area (Å²) in [7, 11) is 0. The highest BCUT2D eigenvalue weighted by molar-refractivity contribution is 7.07. The lowest BCUT2D eigenvalue weighted by Gasteiger charge is -1.98. The molecule has 1 aromatic rings. The van der Waals surface area contributed by atoms with Gasteiger partial charge in [-0.2, -0.15) is 11.3 Å². The molecule has 1 aromatic heterocycles. The summed E-state index contributed by atoms with van der Waals surface area (Å²) in [6, 6.07) is 2.17. The number of aryl methyl sites for hydroxylation is 1. The number of unbranched alkanes of at least 4 members (excludes halogenated alkanes) is 3. The molecule has 3 heteroatoms. The highest BCUT2D eigenvalue weighted by Crippen LogP contribution is 2.11. The molecule has 0 aliphatic heterocycles. The van der Waals surface area contributed by atoms with Crippen molar-refractivity contribution in [1.82, 2.24) is 0 Å². The average Bonchev–Trinajstić information content (AvgIpc) is 2.63. The summed E-state index contributed by atoms with van der Waals surface area (Å²) >= 11 is 1.75. The number of amides is 1. The number of thiophene rings is 1. The van der Waals surface area contributed by atoms with Gasteiger partial charge in [0.05, 0.1) is 0 Å². The minimum absolute atomic E-state index is 0.178. The predicted molar refractivity (Wildman–Crippen MR) is 60.3 cm³/mol. The van der Waals surface area contributed by atoms with E-state index in [2.05, 4.69) is 16.8 Å². The van der Waals surface area contributed by atoms with Crippen LogP contribution < -0.4 is 5.73 Å². The van der Waals surface area contributed by atoms with Crippen molar-refractivity contribution in [1.29, 1.82) is 0 Å². The first kappa shape index (κ1) is 11.2. The van der Waals surface area contributed by atoms with Crippen LogP contribution in [0.2, 0.25) is 0 Å².